The van der Waals surface area contributed by atoms with Crippen LogP contribution in [0.25, 0.3) is 0 Å². The molecule has 0 bridgehead atoms. The van der Waals surface area contributed by atoms with Crippen molar-refractivity contribution in [2.24, 2.45) is 0 Å². The summed E-state index contributed by atoms with van der Waals surface area (Å²) in [5, 5.41) is 2.85. The van der Waals surface area contributed by atoms with Crippen molar-refractivity contribution in [1.82, 2.24) is 10.0 Å². The van der Waals surface area contributed by atoms with E-state index in [9.17, 15) is 22.9 Å². The highest BCUT2D eigenvalue weighted by Gasteiger charge is 2.45. The van der Waals surface area contributed by atoms with E-state index in [2.05, 4.69) is 5.32 Å². The van der Waals surface area contributed by atoms with Gasteiger partial charge in [0, 0.05) is 16.5 Å². The van der Waals surface area contributed by atoms with E-state index in [4.69, 9.17) is 11.6 Å². The first-order valence-electron chi connectivity index (χ1n) is 11.0. The Morgan fingerprint density at radius 3 is 2.62 bits per heavy atom. The Bertz CT molecular complexity index is 1230. The van der Waals surface area contributed by atoms with Gasteiger partial charge in [0.15, 0.2) is 0 Å². The molecule has 0 radical (unpaired) electrons. The van der Waals surface area contributed by atoms with Gasteiger partial charge >= 0.3 is 11.9 Å². The Morgan fingerprint density at radius 1 is 1.21 bits per heavy atom. The van der Waals surface area contributed by atoms with Gasteiger partial charge in [-0.1, -0.05) is 44.0 Å². The van der Waals surface area contributed by atoms with Crippen molar-refractivity contribution in [2.75, 3.05) is 18.1 Å². The van der Waals surface area contributed by atoms with Gasteiger partial charge in [-0.3, -0.25) is 0 Å². The number of nitrogens with one attached hydrogen (secondary N) is 2. The maximum atomic E-state index is 12.8. The molecule has 1 aliphatic heterocycles. The first-order chi connectivity index (χ1) is 16.0. The van der Waals surface area contributed by atoms with Gasteiger partial charge in [-0.25, -0.2) is 22.7 Å². The molecular formula is C23H28ClN4O5S+. The largest absolute Gasteiger partial charge is 0.469 e. The maximum Gasteiger partial charge on any atom is 0.469 e. The number of hydrogen-bond acceptors (Lipinski definition) is 6. The fraction of sp³-hybridized carbons (Fsp3) is 0.391. The minimum Gasteiger partial charge on any atom is -0.337 e. The third kappa shape index (κ3) is 5.07. The van der Waals surface area contributed by atoms with E-state index >= 15 is 0 Å². The van der Waals surface area contributed by atoms with Crippen molar-refractivity contribution < 1.29 is 22.8 Å². The molecular weight excluding hydrogens is 480 g/mol. The van der Waals surface area contributed by atoms with Crippen molar-refractivity contribution in [3.63, 3.8) is 0 Å². The second kappa shape index (κ2) is 10.1. The van der Waals surface area contributed by atoms with E-state index < -0.39 is 27.5 Å². The predicted octanol–water partition coefficient (Wildman–Crippen LogP) is 4.15. The van der Waals surface area contributed by atoms with Crippen molar-refractivity contribution in [3.8, 4) is 0 Å². The Balaban J connectivity index is 1.99. The fourth-order valence-corrected chi connectivity index (χ4v) is 5.03. The Hall–Kier alpha value is -2.98. The molecule has 2 aromatic carbocycles. The van der Waals surface area contributed by atoms with Gasteiger partial charge < -0.3 is 10.2 Å². The highest BCUT2D eigenvalue weighted by atomic mass is 35.5. The zero-order chi connectivity index (χ0) is 25.1. The van der Waals surface area contributed by atoms with Crippen LogP contribution in [0.15, 0.2) is 47.4 Å². The summed E-state index contributed by atoms with van der Waals surface area (Å²) in [5.74, 6) is -0.679. The third-order valence-electron chi connectivity index (χ3n) is 6.07. The number of sulfonamides is 1. The average molecular weight is 508 g/mol. The topological polar surface area (TPSA) is 116 Å². The van der Waals surface area contributed by atoms with Crippen molar-refractivity contribution in [2.45, 2.75) is 50.5 Å². The number of urea groups is 1. The maximum absolute atomic E-state index is 12.8. The van der Waals surface area contributed by atoms with Crippen LogP contribution in [0.1, 0.15) is 56.0 Å². The second-order valence-electron chi connectivity index (χ2n) is 8.28. The molecule has 9 nitrogen and oxygen atoms in total. The van der Waals surface area contributed by atoms with E-state index in [0.29, 0.717) is 34.0 Å². The lowest BCUT2D eigenvalue weighted by atomic mass is 9.86. The van der Waals surface area contributed by atoms with Gasteiger partial charge in [0.1, 0.15) is 5.56 Å². The molecule has 3 rings (SSSR count). The van der Waals surface area contributed by atoms with Crippen LogP contribution >= 0.6 is 11.6 Å². The van der Waals surface area contributed by atoms with Crippen LogP contribution in [0.4, 0.5) is 10.5 Å². The lowest BCUT2D eigenvalue weighted by Crippen LogP contribution is -2.51. The minimum absolute atomic E-state index is 0.0845. The van der Waals surface area contributed by atoms with Crippen LogP contribution in [0.3, 0.4) is 0 Å². The van der Waals surface area contributed by atoms with E-state index in [0.717, 1.165) is 12.8 Å². The first-order valence-corrected chi connectivity index (χ1v) is 12.9. The number of benzene rings is 2. The van der Waals surface area contributed by atoms with Gasteiger partial charge in [0.2, 0.25) is 0 Å². The van der Waals surface area contributed by atoms with Crippen LogP contribution in [-0.4, -0.2) is 38.3 Å². The summed E-state index contributed by atoms with van der Waals surface area (Å²) >= 11 is 6.06. The highest BCUT2D eigenvalue weighted by molar-refractivity contribution is 7.90. The van der Waals surface area contributed by atoms with Crippen molar-refractivity contribution in [3.05, 3.63) is 63.5 Å². The quantitative estimate of drug-likeness (QED) is 0.409. The van der Waals surface area contributed by atoms with Crippen LogP contribution < -0.4 is 14.9 Å². The van der Waals surface area contributed by atoms with E-state index in [1.54, 1.807) is 29.2 Å². The number of hydrogen-bond donors (Lipinski definition) is 2. The Kier molecular flexibility index (Phi) is 7.62. The molecule has 182 valence electrons. The molecule has 2 N–H and O–H groups in total. The normalized spacial score (nSPS) is 15.5. The molecule has 1 unspecified atom stereocenters. The molecule has 1 heterocycles. The number of anilines is 1. The summed E-state index contributed by atoms with van der Waals surface area (Å²) in [5.41, 5.74) is 0.476. The smallest absolute Gasteiger partial charge is 0.337 e. The van der Waals surface area contributed by atoms with E-state index in [1.165, 1.54) is 18.2 Å². The highest BCUT2D eigenvalue weighted by Crippen LogP contribution is 2.40. The average Bonchev–Trinajstić information content (AvgIpc) is 2.81. The number of carbonyl (C=O) groups is 2. The van der Waals surface area contributed by atoms with E-state index in [1.807, 2.05) is 25.5 Å². The third-order valence-corrected chi connectivity index (χ3v) is 7.63. The molecule has 0 fully saturated rings. The molecule has 34 heavy (non-hydrogen) atoms. The predicted molar refractivity (Wildman–Crippen MR) is 129 cm³/mol. The zero-order valence-electron chi connectivity index (χ0n) is 19.3. The molecule has 11 heteroatoms. The van der Waals surface area contributed by atoms with Gasteiger partial charge in [0.05, 0.1) is 20.9 Å². The number of nitroso groups, excluding NO2 is 1. The number of unbranched alkanes of at least 4 members (excludes halogenated alkanes) is 1. The fourth-order valence-electron chi connectivity index (χ4n) is 3.88. The number of nitrogens with zero attached hydrogens (tertiary/aromatic N) is 2. The van der Waals surface area contributed by atoms with Crippen LogP contribution in [0.5, 0.6) is 0 Å². The summed E-state index contributed by atoms with van der Waals surface area (Å²) in [6, 6.07) is 10.2. The van der Waals surface area contributed by atoms with Crippen LogP contribution in [0.2, 0.25) is 5.02 Å². The van der Waals surface area contributed by atoms with Crippen molar-refractivity contribution in [1.29, 1.82) is 0 Å². The number of fused-ring (bicyclic) bond motifs is 1. The second-order valence-corrected chi connectivity index (χ2v) is 10.4. The molecule has 0 spiro atoms. The molecule has 1 aliphatic rings. The standard InChI is InChI=1S/C23H27ClN4O5S/c1-4-6-12-25-22(30)26-34(32,33)18-9-7-8-16(13-18)23(3,5-2)27-15-28(31)21(29)19-14-17(24)10-11-20(19)27/h7-11,13-14H,4-6,12,15H2,1-3H3,(H-,25,26,30)/p+1. The van der Waals surface area contributed by atoms with Gasteiger partial charge in [-0.2, -0.15) is 0 Å². The molecule has 0 saturated heterocycles. The zero-order valence-corrected chi connectivity index (χ0v) is 20.9. The van der Waals surface area contributed by atoms with Crippen LogP contribution in [0, 0.1) is 4.91 Å². The van der Waals surface area contributed by atoms with Crippen molar-refractivity contribution >= 4 is 39.2 Å². The summed E-state index contributed by atoms with van der Waals surface area (Å²) < 4.78 is 28.1. The molecule has 3 amide bonds. The monoisotopic (exact) mass is 507 g/mol. The Morgan fingerprint density at radius 2 is 1.94 bits per heavy atom. The molecule has 2 aromatic rings. The molecule has 0 aliphatic carbocycles. The lowest BCUT2D eigenvalue weighted by Gasteiger charge is -2.42. The summed E-state index contributed by atoms with van der Waals surface area (Å²) in [6.07, 6.45) is 2.09. The lowest BCUT2D eigenvalue weighted by molar-refractivity contribution is -0.453. The number of amides is 3. The minimum atomic E-state index is -4.13. The van der Waals surface area contributed by atoms with Gasteiger partial charge in [-0.15, -0.1) is 0 Å². The van der Waals surface area contributed by atoms with Gasteiger partial charge in [0.25, 0.3) is 16.7 Å². The van der Waals surface area contributed by atoms with Crippen LogP contribution in [-0.2, 0) is 15.6 Å². The van der Waals surface area contributed by atoms with Gasteiger partial charge in [-0.05, 0) is 55.7 Å². The molecule has 1 atom stereocenters. The number of carbonyl (C=O) groups excluding carboxylic acids is 2. The summed E-state index contributed by atoms with van der Waals surface area (Å²) in [4.78, 5) is 38.6. The van der Waals surface area contributed by atoms with E-state index in [-0.39, 0.29) is 17.1 Å². The first kappa shape index (κ1) is 25.6. The molecule has 0 saturated carbocycles. The number of rotatable bonds is 8. The summed E-state index contributed by atoms with van der Waals surface area (Å²) in [7, 11) is -4.13. The Labute approximate surface area is 204 Å². The SMILES string of the molecule is CCCCNC(=O)NS(=O)(=O)c1cccc(C(C)(CC)N2C[N+](=O)C(=O)c3cc(Cl)ccc32)c1. The number of halogens is 1. The molecule has 0 aromatic heterocycles. The summed E-state index contributed by atoms with van der Waals surface area (Å²) in [6.45, 7) is 5.87.